The van der Waals surface area contributed by atoms with E-state index in [-0.39, 0.29) is 37.3 Å². The Hall–Kier alpha value is -4.01. The zero-order valence-corrected chi connectivity index (χ0v) is 18.7. The molecular formula is C25H23F2N3O4. The Labute approximate surface area is 194 Å². The average molecular weight is 467 g/mol. The highest BCUT2D eigenvalue weighted by atomic mass is 19.1. The van der Waals surface area contributed by atoms with E-state index in [4.69, 9.17) is 0 Å². The van der Waals surface area contributed by atoms with Gasteiger partial charge in [-0.1, -0.05) is 24.3 Å². The first kappa shape index (κ1) is 23.2. The lowest BCUT2D eigenvalue weighted by molar-refractivity contribution is 0.0718. The molecule has 0 radical (unpaired) electrons. The summed E-state index contributed by atoms with van der Waals surface area (Å²) in [6.07, 6.45) is 0.245. The summed E-state index contributed by atoms with van der Waals surface area (Å²) in [6, 6.07) is 11.4. The van der Waals surface area contributed by atoms with Gasteiger partial charge in [0.15, 0.2) is 5.75 Å². The first-order chi connectivity index (χ1) is 16.2. The highest BCUT2D eigenvalue weighted by molar-refractivity contribution is 6.03. The molecule has 0 fully saturated rings. The van der Waals surface area contributed by atoms with Crippen molar-refractivity contribution in [3.63, 3.8) is 0 Å². The molecular weight excluding hydrogens is 444 g/mol. The molecule has 9 heteroatoms. The summed E-state index contributed by atoms with van der Waals surface area (Å²) in [5.41, 5.74) is 0.672. The molecule has 2 aromatic carbocycles. The Bertz CT molecular complexity index is 1320. The molecule has 176 valence electrons. The molecule has 1 aromatic heterocycles. The summed E-state index contributed by atoms with van der Waals surface area (Å²) < 4.78 is 27.5. The fraction of sp³-hybridized carbons (Fsp3) is 0.240. The maximum Gasteiger partial charge on any atom is 0.293 e. The van der Waals surface area contributed by atoms with Crippen molar-refractivity contribution < 1.29 is 23.5 Å². The molecule has 0 spiro atoms. The predicted molar refractivity (Wildman–Crippen MR) is 120 cm³/mol. The Morgan fingerprint density at radius 1 is 1.00 bits per heavy atom. The molecule has 1 aliphatic heterocycles. The number of carbonyl (C=O) groups is 2. The van der Waals surface area contributed by atoms with E-state index < -0.39 is 34.8 Å². The van der Waals surface area contributed by atoms with Gasteiger partial charge in [0.1, 0.15) is 17.3 Å². The predicted octanol–water partition coefficient (Wildman–Crippen LogP) is 2.84. The molecule has 0 saturated carbocycles. The zero-order valence-electron chi connectivity index (χ0n) is 18.7. The molecule has 3 aromatic rings. The van der Waals surface area contributed by atoms with Crippen LogP contribution >= 0.6 is 0 Å². The molecule has 1 N–H and O–H groups in total. The highest BCUT2D eigenvalue weighted by Gasteiger charge is 2.35. The molecule has 2 amide bonds. The SMILES string of the molecule is CN(Cc1ccc(F)cc1)C(=O)c1c2c(c(O)c(=O)n1C)C(=O)N(Cc1ccc(F)cc1)CC2. The standard InChI is InChI=1S/C25H23F2N3O4/c1-28(13-15-3-7-17(26)8-4-15)24(33)21-19-11-12-30(14-16-5-9-18(27)10-6-16)23(32)20(19)22(31)25(34)29(21)2/h3-10,31H,11-14H2,1-2H3. The third-order valence-electron chi connectivity index (χ3n) is 5.97. The van der Waals surface area contributed by atoms with E-state index in [0.717, 1.165) is 4.57 Å². The molecule has 0 atom stereocenters. The molecule has 34 heavy (non-hydrogen) atoms. The third kappa shape index (κ3) is 4.28. The normalized spacial score (nSPS) is 13.1. The van der Waals surface area contributed by atoms with Crippen molar-refractivity contribution in [2.75, 3.05) is 13.6 Å². The van der Waals surface area contributed by atoms with Crippen LogP contribution in [-0.2, 0) is 26.6 Å². The van der Waals surface area contributed by atoms with Crippen LogP contribution in [0.25, 0.3) is 0 Å². The first-order valence-electron chi connectivity index (χ1n) is 10.7. The van der Waals surface area contributed by atoms with Gasteiger partial charge < -0.3 is 19.5 Å². The number of amides is 2. The van der Waals surface area contributed by atoms with E-state index in [0.29, 0.717) is 16.7 Å². The van der Waals surface area contributed by atoms with Gasteiger partial charge in [-0.2, -0.15) is 0 Å². The number of rotatable bonds is 5. The Morgan fingerprint density at radius 2 is 1.56 bits per heavy atom. The largest absolute Gasteiger partial charge is 0.502 e. The minimum atomic E-state index is -0.853. The lowest BCUT2D eigenvalue weighted by atomic mass is 9.95. The Kier molecular flexibility index (Phi) is 6.19. The number of carbonyl (C=O) groups excluding carboxylic acids is 2. The lowest BCUT2D eigenvalue weighted by Crippen LogP contribution is -2.42. The van der Waals surface area contributed by atoms with Crippen LogP contribution in [0.5, 0.6) is 5.75 Å². The monoisotopic (exact) mass is 467 g/mol. The van der Waals surface area contributed by atoms with Gasteiger partial charge in [-0.3, -0.25) is 14.4 Å². The summed E-state index contributed by atoms with van der Waals surface area (Å²) in [5.74, 6) is -2.57. The van der Waals surface area contributed by atoms with Gasteiger partial charge in [0.05, 0.1) is 5.56 Å². The quantitative estimate of drug-likeness (QED) is 0.626. The minimum Gasteiger partial charge on any atom is -0.502 e. The smallest absolute Gasteiger partial charge is 0.293 e. The highest BCUT2D eigenvalue weighted by Crippen LogP contribution is 2.29. The van der Waals surface area contributed by atoms with Crippen LogP contribution in [0.1, 0.15) is 37.5 Å². The summed E-state index contributed by atoms with van der Waals surface area (Å²) in [6.45, 7) is 0.581. The number of hydrogen-bond donors (Lipinski definition) is 1. The fourth-order valence-electron chi connectivity index (χ4n) is 4.16. The molecule has 0 bridgehead atoms. The number of hydrogen-bond acceptors (Lipinski definition) is 4. The van der Waals surface area contributed by atoms with Crippen molar-refractivity contribution >= 4 is 11.8 Å². The number of nitrogens with zero attached hydrogens (tertiary/aromatic N) is 3. The zero-order chi connectivity index (χ0) is 24.6. The van der Waals surface area contributed by atoms with Crippen molar-refractivity contribution in [2.45, 2.75) is 19.5 Å². The molecule has 0 saturated heterocycles. The molecule has 4 rings (SSSR count). The number of aromatic nitrogens is 1. The van der Waals surface area contributed by atoms with Gasteiger partial charge in [0, 0.05) is 39.3 Å². The minimum absolute atomic E-state index is 0.0252. The van der Waals surface area contributed by atoms with Gasteiger partial charge in [0.25, 0.3) is 17.4 Å². The van der Waals surface area contributed by atoms with E-state index in [2.05, 4.69) is 0 Å². The van der Waals surface area contributed by atoms with Crippen LogP contribution < -0.4 is 5.56 Å². The fourth-order valence-corrected chi connectivity index (χ4v) is 4.16. The van der Waals surface area contributed by atoms with Crippen LogP contribution in [0.4, 0.5) is 8.78 Å². The van der Waals surface area contributed by atoms with Crippen LogP contribution in [0, 0.1) is 11.6 Å². The molecule has 0 unspecified atom stereocenters. The topological polar surface area (TPSA) is 82.9 Å². The molecule has 7 nitrogen and oxygen atoms in total. The van der Waals surface area contributed by atoms with Gasteiger partial charge in [-0.25, -0.2) is 8.78 Å². The van der Waals surface area contributed by atoms with Crippen LogP contribution in [-0.4, -0.2) is 44.9 Å². The first-order valence-corrected chi connectivity index (χ1v) is 10.7. The summed E-state index contributed by atoms with van der Waals surface area (Å²) in [7, 11) is 2.91. The van der Waals surface area contributed by atoms with Crippen molar-refractivity contribution in [3.05, 3.63) is 98.5 Å². The van der Waals surface area contributed by atoms with E-state index in [9.17, 15) is 28.3 Å². The number of pyridine rings is 1. The van der Waals surface area contributed by atoms with Crippen LogP contribution in [0.2, 0.25) is 0 Å². The van der Waals surface area contributed by atoms with Crippen molar-refractivity contribution in [1.29, 1.82) is 0 Å². The van der Waals surface area contributed by atoms with Gasteiger partial charge in [0.2, 0.25) is 0 Å². The van der Waals surface area contributed by atoms with Crippen molar-refractivity contribution in [3.8, 4) is 5.75 Å². The van der Waals surface area contributed by atoms with Gasteiger partial charge in [-0.05, 0) is 41.8 Å². The number of fused-ring (bicyclic) bond motifs is 1. The maximum atomic E-state index is 13.3. The van der Waals surface area contributed by atoms with Crippen LogP contribution in [0.3, 0.4) is 0 Å². The molecule has 1 aliphatic rings. The van der Waals surface area contributed by atoms with Crippen molar-refractivity contribution in [2.24, 2.45) is 7.05 Å². The average Bonchev–Trinajstić information content (AvgIpc) is 2.82. The number of benzene rings is 2. The second-order valence-corrected chi connectivity index (χ2v) is 8.31. The second-order valence-electron chi connectivity index (χ2n) is 8.31. The molecule has 0 aliphatic carbocycles. The van der Waals surface area contributed by atoms with E-state index in [1.165, 1.54) is 41.1 Å². The van der Waals surface area contributed by atoms with E-state index in [1.54, 1.807) is 31.3 Å². The summed E-state index contributed by atoms with van der Waals surface area (Å²) in [4.78, 5) is 42.1. The van der Waals surface area contributed by atoms with E-state index in [1.807, 2.05) is 0 Å². The third-order valence-corrected chi connectivity index (χ3v) is 5.97. The number of aromatic hydroxyl groups is 1. The second kappa shape index (κ2) is 9.09. The Morgan fingerprint density at radius 3 is 2.15 bits per heavy atom. The number of halogens is 2. The van der Waals surface area contributed by atoms with Crippen molar-refractivity contribution in [1.82, 2.24) is 14.4 Å². The van der Waals surface area contributed by atoms with Gasteiger partial charge in [-0.15, -0.1) is 0 Å². The molecule has 2 heterocycles. The maximum absolute atomic E-state index is 13.3. The summed E-state index contributed by atoms with van der Waals surface area (Å²) in [5, 5.41) is 10.5. The lowest BCUT2D eigenvalue weighted by Gasteiger charge is -2.31. The Balaban J connectivity index is 1.67. The van der Waals surface area contributed by atoms with Gasteiger partial charge >= 0.3 is 0 Å². The van der Waals surface area contributed by atoms with Crippen LogP contribution in [0.15, 0.2) is 53.3 Å². The van der Waals surface area contributed by atoms with E-state index >= 15 is 0 Å². The summed E-state index contributed by atoms with van der Waals surface area (Å²) >= 11 is 0.